The van der Waals surface area contributed by atoms with Crippen LogP contribution in [0.3, 0.4) is 0 Å². The summed E-state index contributed by atoms with van der Waals surface area (Å²) in [6, 6.07) is -0.0441. The van der Waals surface area contributed by atoms with Crippen LogP contribution in [0.4, 0.5) is 4.39 Å². The molecule has 0 aromatic heterocycles. The van der Waals surface area contributed by atoms with Crippen LogP contribution in [0, 0.1) is 5.92 Å². The fourth-order valence-corrected chi connectivity index (χ4v) is 2.05. The summed E-state index contributed by atoms with van der Waals surface area (Å²) in [4.78, 5) is 0.889. The standard InChI is InChI=1S/C8H14FNS/c1-5(2)8-7(9)6(3)10(4)11-8/h5-6H,1-4H3. The Bertz CT molecular complexity index is 189. The van der Waals surface area contributed by atoms with Gasteiger partial charge in [-0.15, -0.1) is 0 Å². The molecule has 0 saturated heterocycles. The zero-order valence-corrected chi connectivity index (χ0v) is 8.20. The summed E-state index contributed by atoms with van der Waals surface area (Å²) < 4.78 is 15.2. The Kier molecular flexibility index (Phi) is 2.60. The normalized spacial score (nSPS) is 27.3. The summed E-state index contributed by atoms with van der Waals surface area (Å²) in [6.45, 7) is 5.93. The van der Waals surface area contributed by atoms with Crippen molar-refractivity contribution in [3.8, 4) is 0 Å². The SMILES string of the molecule is CC(C)C1=C(F)C(C)N(C)S1. The van der Waals surface area contributed by atoms with E-state index in [4.69, 9.17) is 0 Å². The number of rotatable bonds is 1. The molecule has 1 aliphatic heterocycles. The third-order valence-corrected chi connectivity index (χ3v) is 3.38. The first-order valence-electron chi connectivity index (χ1n) is 3.84. The van der Waals surface area contributed by atoms with Crippen molar-refractivity contribution in [1.82, 2.24) is 4.31 Å². The monoisotopic (exact) mass is 175 g/mol. The first-order chi connectivity index (χ1) is 5.04. The van der Waals surface area contributed by atoms with E-state index in [-0.39, 0.29) is 11.9 Å². The van der Waals surface area contributed by atoms with Gasteiger partial charge in [0.15, 0.2) is 0 Å². The number of likely N-dealkylation sites (N-methyl/N-ethyl adjacent to an activating group) is 1. The van der Waals surface area contributed by atoms with Crippen molar-refractivity contribution >= 4 is 11.9 Å². The summed E-state index contributed by atoms with van der Waals surface area (Å²) in [7, 11) is 1.92. The lowest BCUT2D eigenvalue weighted by Gasteiger charge is -2.12. The minimum atomic E-state index is -0.0441. The van der Waals surface area contributed by atoms with Gasteiger partial charge >= 0.3 is 0 Å². The summed E-state index contributed by atoms with van der Waals surface area (Å²) in [6.07, 6.45) is 0. The minimum absolute atomic E-state index is 0.0441. The number of nitrogens with zero attached hydrogens (tertiary/aromatic N) is 1. The predicted molar refractivity (Wildman–Crippen MR) is 47.8 cm³/mol. The first kappa shape index (κ1) is 9.07. The topological polar surface area (TPSA) is 3.24 Å². The molecule has 1 aliphatic rings. The first-order valence-corrected chi connectivity index (χ1v) is 4.61. The van der Waals surface area contributed by atoms with Crippen LogP contribution in [0.2, 0.25) is 0 Å². The molecule has 0 amide bonds. The van der Waals surface area contributed by atoms with Gasteiger partial charge < -0.3 is 0 Å². The zero-order valence-electron chi connectivity index (χ0n) is 7.39. The molecule has 0 aliphatic carbocycles. The van der Waals surface area contributed by atoms with E-state index in [1.807, 2.05) is 32.1 Å². The van der Waals surface area contributed by atoms with Crippen molar-refractivity contribution < 1.29 is 4.39 Å². The molecule has 0 spiro atoms. The van der Waals surface area contributed by atoms with Crippen LogP contribution in [0.25, 0.3) is 0 Å². The molecule has 0 fully saturated rings. The van der Waals surface area contributed by atoms with E-state index in [1.165, 1.54) is 11.9 Å². The van der Waals surface area contributed by atoms with E-state index >= 15 is 0 Å². The van der Waals surface area contributed by atoms with Crippen LogP contribution in [-0.4, -0.2) is 17.4 Å². The number of halogens is 1. The van der Waals surface area contributed by atoms with Gasteiger partial charge in [-0.25, -0.2) is 8.70 Å². The second-order valence-electron chi connectivity index (χ2n) is 3.18. The van der Waals surface area contributed by atoms with Crippen LogP contribution in [0.1, 0.15) is 20.8 Å². The molecule has 0 saturated carbocycles. The molecule has 0 N–H and O–H groups in total. The van der Waals surface area contributed by atoms with Crippen molar-refractivity contribution in [2.24, 2.45) is 5.92 Å². The molecule has 0 bridgehead atoms. The van der Waals surface area contributed by atoms with Crippen LogP contribution < -0.4 is 0 Å². The lowest BCUT2D eigenvalue weighted by Crippen LogP contribution is -2.17. The molecule has 11 heavy (non-hydrogen) atoms. The molecule has 1 unspecified atom stereocenters. The van der Waals surface area contributed by atoms with Gasteiger partial charge in [-0.2, -0.15) is 0 Å². The van der Waals surface area contributed by atoms with Crippen molar-refractivity contribution in [1.29, 1.82) is 0 Å². The number of hydrogen-bond acceptors (Lipinski definition) is 2. The Morgan fingerprint density at radius 3 is 2.27 bits per heavy atom. The van der Waals surface area contributed by atoms with E-state index < -0.39 is 0 Å². The van der Waals surface area contributed by atoms with Crippen LogP contribution in [-0.2, 0) is 0 Å². The number of allylic oxidation sites excluding steroid dienone is 1. The van der Waals surface area contributed by atoms with Gasteiger partial charge in [0.1, 0.15) is 5.83 Å². The third-order valence-electron chi connectivity index (χ3n) is 1.91. The lowest BCUT2D eigenvalue weighted by atomic mass is 10.1. The molecule has 0 radical (unpaired) electrons. The molecule has 1 rings (SSSR count). The van der Waals surface area contributed by atoms with E-state index in [0.717, 1.165) is 4.91 Å². The molecule has 3 heteroatoms. The zero-order chi connectivity index (χ0) is 8.59. The molecule has 1 nitrogen and oxygen atoms in total. The fraction of sp³-hybridized carbons (Fsp3) is 0.750. The quantitative estimate of drug-likeness (QED) is 0.564. The minimum Gasteiger partial charge on any atom is -0.240 e. The smallest absolute Gasteiger partial charge is 0.129 e. The summed E-state index contributed by atoms with van der Waals surface area (Å²) >= 11 is 1.53. The van der Waals surface area contributed by atoms with Crippen molar-refractivity contribution in [2.45, 2.75) is 26.8 Å². The Hall–Kier alpha value is -0.0200. The van der Waals surface area contributed by atoms with Gasteiger partial charge in [0.2, 0.25) is 0 Å². The maximum absolute atomic E-state index is 13.3. The van der Waals surface area contributed by atoms with E-state index in [9.17, 15) is 4.39 Å². The highest BCUT2D eigenvalue weighted by molar-refractivity contribution is 8.01. The third kappa shape index (κ3) is 1.59. The second kappa shape index (κ2) is 3.15. The van der Waals surface area contributed by atoms with E-state index in [0.29, 0.717) is 5.92 Å². The van der Waals surface area contributed by atoms with Gasteiger partial charge in [-0.1, -0.05) is 13.8 Å². The van der Waals surface area contributed by atoms with Gasteiger partial charge in [-0.05, 0) is 31.8 Å². The van der Waals surface area contributed by atoms with Gasteiger partial charge in [-0.3, -0.25) is 0 Å². The Labute approximate surface area is 71.8 Å². The van der Waals surface area contributed by atoms with Crippen LogP contribution >= 0.6 is 11.9 Å². The highest BCUT2D eigenvalue weighted by Crippen LogP contribution is 2.40. The Morgan fingerprint density at radius 1 is 1.55 bits per heavy atom. The highest BCUT2D eigenvalue weighted by atomic mass is 32.2. The number of hydrogen-bond donors (Lipinski definition) is 0. The summed E-state index contributed by atoms with van der Waals surface area (Å²) in [5.41, 5.74) is 0. The Morgan fingerprint density at radius 2 is 2.09 bits per heavy atom. The van der Waals surface area contributed by atoms with E-state index in [2.05, 4.69) is 0 Å². The molecule has 0 aromatic rings. The summed E-state index contributed by atoms with van der Waals surface area (Å²) in [5, 5.41) is 0. The maximum atomic E-state index is 13.3. The second-order valence-corrected chi connectivity index (χ2v) is 4.38. The maximum Gasteiger partial charge on any atom is 0.129 e. The highest BCUT2D eigenvalue weighted by Gasteiger charge is 2.29. The predicted octanol–water partition coefficient (Wildman–Crippen LogP) is 2.81. The molecular formula is C8H14FNS. The van der Waals surface area contributed by atoms with Gasteiger partial charge in [0.25, 0.3) is 0 Å². The van der Waals surface area contributed by atoms with Crippen molar-refractivity contribution in [2.75, 3.05) is 7.05 Å². The van der Waals surface area contributed by atoms with Crippen molar-refractivity contribution in [3.05, 3.63) is 10.7 Å². The molecule has 1 atom stereocenters. The Balaban J connectivity index is 2.80. The molecule has 1 heterocycles. The molecular weight excluding hydrogens is 161 g/mol. The fourth-order valence-electron chi connectivity index (χ4n) is 1.02. The average Bonchev–Trinajstić information content (AvgIpc) is 2.17. The van der Waals surface area contributed by atoms with Crippen LogP contribution in [0.5, 0.6) is 0 Å². The summed E-state index contributed by atoms with van der Waals surface area (Å²) in [5.74, 6) is 0.361. The molecule has 64 valence electrons. The van der Waals surface area contributed by atoms with E-state index in [1.54, 1.807) is 0 Å². The van der Waals surface area contributed by atoms with Crippen molar-refractivity contribution in [3.63, 3.8) is 0 Å². The van der Waals surface area contributed by atoms with Gasteiger partial charge in [0, 0.05) is 4.91 Å². The lowest BCUT2D eigenvalue weighted by molar-refractivity contribution is 0.422. The van der Waals surface area contributed by atoms with Gasteiger partial charge in [0.05, 0.1) is 6.04 Å². The molecule has 0 aromatic carbocycles. The average molecular weight is 175 g/mol. The van der Waals surface area contributed by atoms with Crippen LogP contribution in [0.15, 0.2) is 10.7 Å². The largest absolute Gasteiger partial charge is 0.240 e.